The lowest BCUT2D eigenvalue weighted by Gasteiger charge is -2.07. The highest BCUT2D eigenvalue weighted by Gasteiger charge is 2.07. The molecule has 2 aromatic rings. The molecule has 6 heteroatoms. The first-order valence-corrected chi connectivity index (χ1v) is 6.28. The highest BCUT2D eigenvalue weighted by Crippen LogP contribution is 2.32. The molecule has 0 saturated heterocycles. The van der Waals surface area contributed by atoms with Crippen molar-refractivity contribution in [2.24, 2.45) is 0 Å². The van der Waals surface area contributed by atoms with Crippen molar-refractivity contribution in [3.63, 3.8) is 0 Å². The molecule has 1 heterocycles. The first kappa shape index (κ1) is 11.6. The zero-order valence-electron chi connectivity index (χ0n) is 8.51. The second kappa shape index (κ2) is 4.99. The van der Waals surface area contributed by atoms with Gasteiger partial charge in [-0.05, 0) is 52.3 Å². The smallest absolute Gasteiger partial charge is 0.188 e. The van der Waals surface area contributed by atoms with Gasteiger partial charge in [-0.15, -0.1) is 0 Å². The Labute approximate surface area is 106 Å². The van der Waals surface area contributed by atoms with Crippen LogP contribution in [-0.2, 0) is 0 Å². The minimum Gasteiger partial charge on any atom is -0.389 e. The van der Waals surface area contributed by atoms with E-state index in [1.165, 1.54) is 18.1 Å². The van der Waals surface area contributed by atoms with Crippen molar-refractivity contribution in [1.29, 1.82) is 0 Å². The Hall–Kier alpha value is -0.850. The molecule has 0 spiro atoms. The number of aromatic amines is 1. The molecule has 0 saturated carbocycles. The molecule has 1 aromatic heterocycles. The van der Waals surface area contributed by atoms with E-state index < -0.39 is 6.10 Å². The van der Waals surface area contributed by atoms with Gasteiger partial charge in [-0.2, -0.15) is 5.10 Å². The van der Waals surface area contributed by atoms with Gasteiger partial charge in [-0.25, -0.2) is 4.98 Å². The summed E-state index contributed by atoms with van der Waals surface area (Å²) in [5.41, 5.74) is 0.883. The molecule has 2 rings (SSSR count). The summed E-state index contributed by atoms with van der Waals surface area (Å²) in [5.74, 6) is 0. The molecule has 4 nitrogen and oxygen atoms in total. The van der Waals surface area contributed by atoms with Gasteiger partial charge in [0, 0.05) is 9.37 Å². The number of rotatable bonds is 3. The number of hydrogen-bond donors (Lipinski definition) is 2. The van der Waals surface area contributed by atoms with Crippen LogP contribution in [0.15, 0.2) is 39.1 Å². The van der Waals surface area contributed by atoms with Crippen molar-refractivity contribution >= 4 is 27.7 Å². The maximum Gasteiger partial charge on any atom is 0.188 e. The summed E-state index contributed by atoms with van der Waals surface area (Å²) in [5, 5.41) is 16.7. The molecule has 0 aliphatic heterocycles. The molecule has 0 aliphatic rings. The molecule has 2 N–H and O–H groups in total. The predicted octanol–water partition coefficient (Wildman–Crippen LogP) is 2.77. The van der Waals surface area contributed by atoms with E-state index in [2.05, 4.69) is 31.1 Å². The molecule has 16 heavy (non-hydrogen) atoms. The summed E-state index contributed by atoms with van der Waals surface area (Å²) in [4.78, 5) is 5.07. The summed E-state index contributed by atoms with van der Waals surface area (Å²) in [7, 11) is 0. The monoisotopic (exact) mass is 299 g/mol. The standard InChI is InChI=1S/C10H10BrN3OS/c1-6(15)7-2-3-9(8(11)4-7)16-10-12-5-13-14-10/h2-6,15H,1H3,(H,12,13,14)/t6-/m1/s1. The zero-order valence-corrected chi connectivity index (χ0v) is 10.9. The maximum absolute atomic E-state index is 9.44. The van der Waals surface area contributed by atoms with Crippen LogP contribution in [0.5, 0.6) is 0 Å². The number of halogens is 1. The lowest BCUT2D eigenvalue weighted by atomic mass is 10.1. The second-order valence-corrected chi connectivity index (χ2v) is 5.14. The Morgan fingerprint density at radius 1 is 1.50 bits per heavy atom. The molecular weight excluding hydrogens is 290 g/mol. The van der Waals surface area contributed by atoms with Crippen LogP contribution in [0, 0.1) is 0 Å². The van der Waals surface area contributed by atoms with Gasteiger partial charge in [-0.1, -0.05) is 6.07 Å². The third kappa shape index (κ3) is 2.63. The average Bonchev–Trinajstić information content (AvgIpc) is 2.73. The molecule has 0 aliphatic carbocycles. The van der Waals surface area contributed by atoms with Gasteiger partial charge in [0.1, 0.15) is 6.33 Å². The van der Waals surface area contributed by atoms with E-state index >= 15 is 0 Å². The number of aromatic nitrogens is 3. The van der Waals surface area contributed by atoms with Crippen LogP contribution in [-0.4, -0.2) is 20.3 Å². The topological polar surface area (TPSA) is 61.8 Å². The third-order valence-corrected chi connectivity index (χ3v) is 3.92. The van der Waals surface area contributed by atoms with Crippen LogP contribution in [0.4, 0.5) is 0 Å². The fourth-order valence-corrected chi connectivity index (χ4v) is 2.55. The molecule has 0 amide bonds. The minimum absolute atomic E-state index is 0.458. The lowest BCUT2D eigenvalue weighted by molar-refractivity contribution is 0.199. The van der Waals surface area contributed by atoms with Crippen molar-refractivity contribution in [2.75, 3.05) is 0 Å². The summed E-state index contributed by atoms with van der Waals surface area (Å²) in [6, 6.07) is 5.75. The van der Waals surface area contributed by atoms with Crippen LogP contribution in [0.3, 0.4) is 0 Å². The molecule has 84 valence electrons. The first-order valence-electron chi connectivity index (χ1n) is 4.67. The van der Waals surface area contributed by atoms with Gasteiger partial charge < -0.3 is 5.11 Å². The molecule has 1 aromatic carbocycles. The van der Waals surface area contributed by atoms with Crippen LogP contribution in [0.2, 0.25) is 0 Å². The highest BCUT2D eigenvalue weighted by atomic mass is 79.9. The second-order valence-electron chi connectivity index (χ2n) is 3.26. The van der Waals surface area contributed by atoms with Gasteiger partial charge in [0.15, 0.2) is 5.16 Å². The summed E-state index contributed by atoms with van der Waals surface area (Å²) < 4.78 is 0.937. The van der Waals surface area contributed by atoms with Crippen LogP contribution in [0.25, 0.3) is 0 Å². The van der Waals surface area contributed by atoms with Crippen LogP contribution < -0.4 is 0 Å². The average molecular weight is 300 g/mol. The van der Waals surface area contributed by atoms with E-state index in [4.69, 9.17) is 0 Å². The number of aliphatic hydroxyl groups is 1. The maximum atomic E-state index is 9.44. The Bertz CT molecular complexity index is 473. The van der Waals surface area contributed by atoms with Crippen molar-refractivity contribution in [3.8, 4) is 0 Å². The number of benzene rings is 1. The van der Waals surface area contributed by atoms with Gasteiger partial charge in [0.25, 0.3) is 0 Å². The predicted molar refractivity (Wildman–Crippen MR) is 65.3 cm³/mol. The fraction of sp³-hybridized carbons (Fsp3) is 0.200. The van der Waals surface area contributed by atoms with E-state index in [0.29, 0.717) is 0 Å². The summed E-state index contributed by atoms with van der Waals surface area (Å²) >= 11 is 4.95. The van der Waals surface area contributed by atoms with Gasteiger partial charge in [0.2, 0.25) is 0 Å². The van der Waals surface area contributed by atoms with Gasteiger partial charge >= 0.3 is 0 Å². The minimum atomic E-state index is -0.458. The normalized spacial score (nSPS) is 12.7. The van der Waals surface area contributed by atoms with Crippen LogP contribution >= 0.6 is 27.7 Å². The number of nitrogens with one attached hydrogen (secondary N) is 1. The molecule has 0 unspecified atom stereocenters. The first-order chi connectivity index (χ1) is 7.66. The highest BCUT2D eigenvalue weighted by molar-refractivity contribution is 9.10. The number of hydrogen-bond acceptors (Lipinski definition) is 4. The van der Waals surface area contributed by atoms with E-state index in [9.17, 15) is 5.11 Å². The Kier molecular flexibility index (Phi) is 3.63. The fourth-order valence-electron chi connectivity index (χ4n) is 1.21. The van der Waals surface area contributed by atoms with E-state index in [1.54, 1.807) is 6.92 Å². The van der Waals surface area contributed by atoms with Crippen molar-refractivity contribution in [3.05, 3.63) is 34.6 Å². The van der Waals surface area contributed by atoms with E-state index in [0.717, 1.165) is 20.1 Å². The van der Waals surface area contributed by atoms with E-state index in [-0.39, 0.29) is 0 Å². The number of H-pyrrole nitrogens is 1. The Morgan fingerprint density at radius 3 is 2.88 bits per heavy atom. The van der Waals surface area contributed by atoms with Gasteiger partial charge in [-0.3, -0.25) is 5.10 Å². The Morgan fingerprint density at radius 2 is 2.31 bits per heavy atom. The third-order valence-electron chi connectivity index (χ3n) is 2.04. The molecular formula is C10H10BrN3OS. The van der Waals surface area contributed by atoms with Gasteiger partial charge in [0.05, 0.1) is 6.10 Å². The molecule has 0 fully saturated rings. The molecule has 1 atom stereocenters. The number of aliphatic hydroxyl groups excluding tert-OH is 1. The van der Waals surface area contributed by atoms with Crippen molar-refractivity contribution in [2.45, 2.75) is 23.1 Å². The SMILES string of the molecule is C[C@@H](O)c1ccc(Sc2ncn[nH]2)c(Br)c1. The summed E-state index contributed by atoms with van der Waals surface area (Å²) in [6.45, 7) is 1.74. The Balaban J connectivity index is 2.23. The lowest BCUT2D eigenvalue weighted by Crippen LogP contribution is -1.91. The molecule has 0 radical (unpaired) electrons. The van der Waals surface area contributed by atoms with Crippen molar-refractivity contribution in [1.82, 2.24) is 15.2 Å². The quantitative estimate of drug-likeness (QED) is 0.915. The van der Waals surface area contributed by atoms with Crippen LogP contribution in [0.1, 0.15) is 18.6 Å². The largest absolute Gasteiger partial charge is 0.389 e. The summed E-state index contributed by atoms with van der Waals surface area (Å²) in [6.07, 6.45) is 1.01. The zero-order chi connectivity index (χ0) is 11.5. The molecule has 0 bridgehead atoms. The number of nitrogens with zero attached hydrogens (tertiary/aromatic N) is 2. The van der Waals surface area contributed by atoms with E-state index in [1.807, 2.05) is 18.2 Å². The van der Waals surface area contributed by atoms with Crippen molar-refractivity contribution < 1.29 is 5.11 Å².